The van der Waals surface area contributed by atoms with Crippen LogP contribution >= 0.6 is 0 Å². The predicted molar refractivity (Wildman–Crippen MR) is 92.9 cm³/mol. The highest BCUT2D eigenvalue weighted by atomic mass is 16.3. The molecule has 6 heteroatoms. The Morgan fingerprint density at radius 2 is 2.00 bits per heavy atom. The number of fused-ring (bicyclic) bond motifs is 1. The minimum atomic E-state index is -0.337. The van der Waals surface area contributed by atoms with Crippen molar-refractivity contribution in [2.45, 2.75) is 19.8 Å². The Hall–Kier alpha value is -2.89. The first kappa shape index (κ1) is 16.0. The molecule has 24 heavy (non-hydrogen) atoms. The summed E-state index contributed by atoms with van der Waals surface area (Å²) in [5.41, 5.74) is 1.67. The van der Waals surface area contributed by atoms with E-state index in [1.165, 1.54) is 0 Å². The number of para-hydroxylation sites is 1. The number of furan rings is 1. The molecule has 0 aliphatic carbocycles. The summed E-state index contributed by atoms with van der Waals surface area (Å²) in [7, 11) is 0. The molecule has 0 saturated carbocycles. The van der Waals surface area contributed by atoms with Gasteiger partial charge in [0.05, 0.1) is 11.6 Å². The van der Waals surface area contributed by atoms with Crippen molar-refractivity contribution in [3.8, 4) is 0 Å². The van der Waals surface area contributed by atoms with Crippen molar-refractivity contribution >= 4 is 22.7 Å². The van der Waals surface area contributed by atoms with Crippen molar-refractivity contribution in [3.05, 3.63) is 53.9 Å². The first-order valence-electron chi connectivity index (χ1n) is 7.94. The van der Waals surface area contributed by atoms with Crippen LogP contribution in [-0.4, -0.2) is 29.2 Å². The van der Waals surface area contributed by atoms with Crippen LogP contribution in [0.1, 0.15) is 24.3 Å². The minimum absolute atomic E-state index is 0.0640. The van der Waals surface area contributed by atoms with E-state index in [4.69, 9.17) is 4.42 Å². The van der Waals surface area contributed by atoms with E-state index in [1.54, 1.807) is 0 Å². The molecule has 2 N–H and O–H groups in total. The zero-order valence-electron chi connectivity index (χ0n) is 13.7. The van der Waals surface area contributed by atoms with Gasteiger partial charge in [0.15, 0.2) is 0 Å². The maximum atomic E-state index is 12.2. The molecule has 2 aromatic heterocycles. The molecule has 3 aromatic rings. The number of benzene rings is 1. The molecule has 0 fully saturated rings. The lowest BCUT2D eigenvalue weighted by Gasteiger charge is -2.10. The molecule has 2 heterocycles. The molecular formula is C18H20N4O2. The van der Waals surface area contributed by atoms with Crippen LogP contribution in [0.25, 0.3) is 11.0 Å². The van der Waals surface area contributed by atoms with Crippen molar-refractivity contribution in [1.82, 2.24) is 15.5 Å². The third-order valence-corrected chi connectivity index (χ3v) is 3.79. The Morgan fingerprint density at radius 3 is 2.75 bits per heavy atom. The largest absolute Gasteiger partial charge is 0.460 e. The Morgan fingerprint density at radius 1 is 1.17 bits per heavy atom. The van der Waals surface area contributed by atoms with E-state index in [-0.39, 0.29) is 11.8 Å². The highest BCUT2D eigenvalue weighted by Gasteiger charge is 2.18. The third kappa shape index (κ3) is 3.71. The highest BCUT2D eigenvalue weighted by Crippen LogP contribution is 2.24. The molecule has 0 unspecified atom stereocenters. The van der Waals surface area contributed by atoms with Crippen molar-refractivity contribution < 1.29 is 9.21 Å². The van der Waals surface area contributed by atoms with Gasteiger partial charge in [0.25, 0.3) is 0 Å². The number of carbonyl (C=O) groups is 1. The Balaban J connectivity index is 1.50. The monoisotopic (exact) mass is 324 g/mol. The summed E-state index contributed by atoms with van der Waals surface area (Å²) in [6.07, 6.45) is 0. The van der Waals surface area contributed by atoms with E-state index in [9.17, 15) is 4.79 Å². The lowest BCUT2D eigenvalue weighted by atomic mass is 10.1. The van der Waals surface area contributed by atoms with Gasteiger partial charge in [-0.1, -0.05) is 18.2 Å². The molecule has 1 atom stereocenters. The molecule has 0 saturated heterocycles. The second-order valence-electron chi connectivity index (χ2n) is 5.69. The molecule has 3 rings (SSSR count). The van der Waals surface area contributed by atoms with Gasteiger partial charge >= 0.3 is 0 Å². The average molecular weight is 324 g/mol. The molecule has 1 amide bonds. The Kier molecular flexibility index (Phi) is 4.74. The van der Waals surface area contributed by atoms with Crippen LogP contribution < -0.4 is 10.6 Å². The number of amides is 1. The zero-order chi connectivity index (χ0) is 16.9. The van der Waals surface area contributed by atoms with Gasteiger partial charge in [0.1, 0.15) is 17.2 Å². The maximum absolute atomic E-state index is 12.2. The lowest BCUT2D eigenvalue weighted by Crippen LogP contribution is -2.32. The number of rotatable bonds is 6. The van der Waals surface area contributed by atoms with Crippen LogP contribution in [-0.2, 0) is 4.79 Å². The fourth-order valence-electron chi connectivity index (χ4n) is 2.37. The Bertz CT molecular complexity index is 793. The van der Waals surface area contributed by atoms with Crippen LogP contribution in [0.2, 0.25) is 0 Å². The summed E-state index contributed by atoms with van der Waals surface area (Å²) in [6, 6.07) is 13.4. The number of hydrogen-bond acceptors (Lipinski definition) is 5. The Labute approximate surface area is 140 Å². The summed E-state index contributed by atoms with van der Waals surface area (Å²) in [6.45, 7) is 4.80. The van der Waals surface area contributed by atoms with Crippen LogP contribution in [0.15, 0.2) is 46.9 Å². The first-order chi connectivity index (χ1) is 11.6. The lowest BCUT2D eigenvalue weighted by molar-refractivity contribution is -0.122. The normalized spacial score (nSPS) is 12.1. The van der Waals surface area contributed by atoms with E-state index >= 15 is 0 Å². The number of aromatic nitrogens is 2. The fraction of sp³-hybridized carbons (Fsp3) is 0.278. The average Bonchev–Trinajstić information content (AvgIpc) is 3.03. The van der Waals surface area contributed by atoms with E-state index in [0.717, 1.165) is 16.7 Å². The molecule has 0 aliphatic heterocycles. The molecule has 0 bridgehead atoms. The van der Waals surface area contributed by atoms with Gasteiger partial charge in [-0.25, -0.2) is 0 Å². The van der Waals surface area contributed by atoms with E-state index in [0.29, 0.717) is 24.7 Å². The van der Waals surface area contributed by atoms with Crippen LogP contribution in [0.5, 0.6) is 0 Å². The van der Waals surface area contributed by atoms with Gasteiger partial charge in [-0.2, -0.15) is 5.10 Å². The van der Waals surface area contributed by atoms with Crippen molar-refractivity contribution in [1.29, 1.82) is 0 Å². The standard InChI is InChI=1S/C18H20N4O2/c1-12-7-8-17(22-21-12)19-9-10-20-18(23)13(2)16-11-14-5-3-4-6-15(14)24-16/h3-8,11,13H,9-10H2,1-2H3,(H,19,22)(H,20,23)/t13-/m0/s1. The summed E-state index contributed by atoms with van der Waals surface area (Å²) in [5, 5.41) is 15.0. The van der Waals surface area contributed by atoms with Gasteiger partial charge in [-0.15, -0.1) is 5.10 Å². The van der Waals surface area contributed by atoms with Crippen molar-refractivity contribution in [3.63, 3.8) is 0 Å². The van der Waals surface area contributed by atoms with Gasteiger partial charge in [0.2, 0.25) is 5.91 Å². The molecule has 1 aromatic carbocycles. The number of anilines is 1. The summed E-state index contributed by atoms with van der Waals surface area (Å²) >= 11 is 0. The predicted octanol–water partition coefficient (Wildman–Crippen LogP) is 2.86. The zero-order valence-corrected chi connectivity index (χ0v) is 13.7. The van der Waals surface area contributed by atoms with Crippen molar-refractivity contribution in [2.75, 3.05) is 18.4 Å². The van der Waals surface area contributed by atoms with Crippen molar-refractivity contribution in [2.24, 2.45) is 0 Å². The maximum Gasteiger partial charge on any atom is 0.230 e. The fourth-order valence-corrected chi connectivity index (χ4v) is 2.37. The third-order valence-electron chi connectivity index (χ3n) is 3.79. The number of hydrogen-bond donors (Lipinski definition) is 2. The SMILES string of the molecule is Cc1ccc(NCCNC(=O)[C@@H](C)c2cc3ccccc3o2)nn1. The van der Waals surface area contributed by atoms with Gasteiger partial charge in [0, 0.05) is 18.5 Å². The highest BCUT2D eigenvalue weighted by molar-refractivity contribution is 5.85. The minimum Gasteiger partial charge on any atom is -0.460 e. The number of carbonyl (C=O) groups excluding carboxylic acids is 1. The molecule has 124 valence electrons. The molecule has 0 spiro atoms. The van der Waals surface area contributed by atoms with Gasteiger partial charge in [-0.3, -0.25) is 4.79 Å². The quantitative estimate of drug-likeness (QED) is 0.682. The number of nitrogens with zero attached hydrogens (tertiary/aromatic N) is 2. The van der Waals surface area contributed by atoms with Crippen LogP contribution in [0.3, 0.4) is 0 Å². The second-order valence-corrected chi connectivity index (χ2v) is 5.69. The summed E-state index contributed by atoms with van der Waals surface area (Å²) in [4.78, 5) is 12.2. The van der Waals surface area contributed by atoms with Gasteiger partial charge in [-0.05, 0) is 38.1 Å². The smallest absolute Gasteiger partial charge is 0.230 e. The summed E-state index contributed by atoms with van der Waals surface area (Å²) < 4.78 is 5.74. The number of nitrogens with one attached hydrogen (secondary N) is 2. The topological polar surface area (TPSA) is 80.0 Å². The first-order valence-corrected chi connectivity index (χ1v) is 7.94. The van der Waals surface area contributed by atoms with E-state index in [1.807, 2.05) is 56.3 Å². The summed E-state index contributed by atoms with van der Waals surface area (Å²) in [5.74, 6) is 0.966. The van der Waals surface area contributed by atoms with E-state index < -0.39 is 0 Å². The van der Waals surface area contributed by atoms with E-state index in [2.05, 4.69) is 20.8 Å². The second kappa shape index (κ2) is 7.12. The molecule has 0 aliphatic rings. The molecule has 0 radical (unpaired) electrons. The molecule has 6 nitrogen and oxygen atoms in total. The van der Waals surface area contributed by atoms with Crippen LogP contribution in [0.4, 0.5) is 5.82 Å². The number of aryl methyl sites for hydroxylation is 1. The van der Waals surface area contributed by atoms with Crippen LogP contribution in [0, 0.1) is 6.92 Å². The molecular weight excluding hydrogens is 304 g/mol. The van der Waals surface area contributed by atoms with Gasteiger partial charge < -0.3 is 15.1 Å².